The second kappa shape index (κ2) is 31.7. The Morgan fingerprint density at radius 2 is 0.721 bits per heavy atom. The zero-order valence-corrected chi connectivity index (χ0v) is 74.0. The lowest BCUT2D eigenvalue weighted by Gasteiger charge is -2.12. The highest BCUT2D eigenvalue weighted by Crippen LogP contribution is 2.48. The number of para-hydroxylation sites is 6. The molecule has 0 spiro atoms. The van der Waals surface area contributed by atoms with Crippen molar-refractivity contribution in [3.8, 4) is 97.5 Å². The summed E-state index contributed by atoms with van der Waals surface area (Å²) >= 11 is 3.69. The number of rotatable bonds is 8. The Balaban J connectivity index is 0.000000106. The molecule has 19 aromatic carbocycles. The van der Waals surface area contributed by atoms with Gasteiger partial charge in [-0.2, -0.15) is 21.0 Å². The quantitative estimate of drug-likeness (QED) is 0.143. The van der Waals surface area contributed by atoms with Crippen molar-refractivity contribution in [3.63, 3.8) is 0 Å². The SMILES string of the molecule is N#Cc1c(-n2c3ccccc3c3cc(-c4ccc5sc6ccccc6c5c4)ccc32)nc2ccccc2c1C#N.N#Cc1cc(-c2ccc(-n3c4ccc(-c5cccc6c5sc5ccccc56)cc4c4c5ccccc5ccc43)cc2)nc2ccccc12.N#Cc1nc(-c2ccc(-n3c4ccc(-c5cccc6c5oc5ccccc56)cc4c4c5ccccc5ccc43)cc2)nc2ccccc12. The molecule has 28 aromatic rings. The molecular weight excluding hydrogens is 1700 g/mol. The minimum absolute atomic E-state index is 0.280. The van der Waals surface area contributed by atoms with E-state index < -0.39 is 0 Å². The Kier molecular flexibility index (Phi) is 18.3. The molecule has 0 saturated heterocycles. The maximum atomic E-state index is 10.2. The van der Waals surface area contributed by atoms with Gasteiger partial charge in [0.05, 0.1) is 72.5 Å². The maximum absolute atomic E-state index is 10.2. The summed E-state index contributed by atoms with van der Waals surface area (Å²) < 4.78 is 18.4. The van der Waals surface area contributed by atoms with E-state index >= 15 is 0 Å². The van der Waals surface area contributed by atoms with Crippen LogP contribution >= 0.6 is 22.7 Å². The van der Waals surface area contributed by atoms with Gasteiger partial charge in [0.2, 0.25) is 0 Å². The van der Waals surface area contributed by atoms with Gasteiger partial charge in [0.25, 0.3) is 0 Å². The van der Waals surface area contributed by atoms with E-state index in [9.17, 15) is 21.0 Å². The van der Waals surface area contributed by atoms with Crippen LogP contribution in [0.3, 0.4) is 0 Å². The van der Waals surface area contributed by atoms with Crippen LogP contribution in [0.2, 0.25) is 0 Å². The normalized spacial score (nSPS) is 11.6. The molecule has 628 valence electrons. The van der Waals surface area contributed by atoms with Gasteiger partial charge in [-0.15, -0.1) is 22.7 Å². The standard InChI is InChI=1S/C44H25N3S.C43H24N4O.C35H18N4S/c45-26-30-25-39(46-38-14-5-3-9-32(30)38)28-16-20-31(21-17-28)47-40-22-19-29(24-37(40)43-33-10-2-1-8-27(33)18-23-41(43)47)34-12-7-13-36-35-11-4-6-15-42(35)48-44(34)36;44-25-37-34-11-3-5-14-36(34)45-43(46-37)27-16-20-29(21-17-27)47-38-22-19-28(24-35(38)41-30-9-2-1-8-26(30)18-23-39(41)47)31-12-7-13-33-32-10-4-6-15-40(32)48-42(31)33;36-19-28-23-7-1-4-10-30(23)38-35(29(28)20-37)39-31-11-5-2-8-24(31)26-17-21(13-15-32(26)39)22-14-16-34-27(18-22)25-9-3-6-12-33(25)40-34/h1-25H;1-24H;1-18H. The molecule has 28 rings (SSSR count). The largest absolute Gasteiger partial charge is 0.455 e. The number of hydrogen-bond acceptors (Lipinski definition) is 11. The summed E-state index contributed by atoms with van der Waals surface area (Å²) in [4.78, 5) is 19.2. The first-order valence-corrected chi connectivity index (χ1v) is 46.5. The summed E-state index contributed by atoms with van der Waals surface area (Å²) in [5.41, 5.74) is 23.8. The number of nitriles is 4. The summed E-state index contributed by atoms with van der Waals surface area (Å²) in [7, 11) is 0. The molecule has 136 heavy (non-hydrogen) atoms. The van der Waals surface area contributed by atoms with Crippen LogP contribution in [0, 0.1) is 45.3 Å². The Hall–Kier alpha value is -18.5. The molecule has 0 bridgehead atoms. The number of benzene rings is 19. The first-order chi connectivity index (χ1) is 67.2. The lowest BCUT2D eigenvalue weighted by atomic mass is 9.99. The maximum Gasteiger partial charge on any atom is 0.161 e. The molecule has 0 radical (unpaired) electrons. The molecule has 0 atom stereocenters. The van der Waals surface area contributed by atoms with Gasteiger partial charge in [-0.1, -0.05) is 255 Å². The van der Waals surface area contributed by atoms with Gasteiger partial charge in [-0.3, -0.25) is 4.57 Å². The molecule has 0 amide bonds. The first kappa shape index (κ1) is 78.5. The predicted molar refractivity (Wildman–Crippen MR) is 560 cm³/mol. The topological polar surface area (TPSA) is 175 Å². The van der Waals surface area contributed by atoms with Crippen molar-refractivity contribution in [2.45, 2.75) is 0 Å². The zero-order valence-electron chi connectivity index (χ0n) is 72.3. The van der Waals surface area contributed by atoms with Gasteiger partial charge in [-0.25, -0.2) is 19.9 Å². The highest BCUT2D eigenvalue weighted by Gasteiger charge is 2.26. The van der Waals surface area contributed by atoms with Crippen molar-refractivity contribution in [2.75, 3.05) is 0 Å². The Morgan fingerprint density at radius 1 is 0.257 bits per heavy atom. The molecule has 0 aliphatic heterocycles. The van der Waals surface area contributed by atoms with E-state index in [4.69, 9.17) is 19.4 Å². The smallest absolute Gasteiger partial charge is 0.161 e. The van der Waals surface area contributed by atoms with Crippen molar-refractivity contribution >= 4 is 205 Å². The van der Waals surface area contributed by atoms with E-state index in [2.05, 4.69) is 324 Å². The molecule has 9 heterocycles. The summed E-state index contributed by atoms with van der Waals surface area (Å²) in [5, 5.41) is 61.5. The van der Waals surface area contributed by atoms with Crippen LogP contribution in [-0.2, 0) is 0 Å². The number of pyridine rings is 2. The summed E-state index contributed by atoms with van der Waals surface area (Å²) in [6, 6.07) is 151. The van der Waals surface area contributed by atoms with Crippen LogP contribution in [0.25, 0.3) is 255 Å². The summed E-state index contributed by atoms with van der Waals surface area (Å²) in [5.74, 6) is 1.01. The fourth-order valence-corrected chi connectivity index (χ4v) is 22.9. The Bertz CT molecular complexity index is 9760. The molecule has 0 N–H and O–H groups in total. The van der Waals surface area contributed by atoms with Gasteiger partial charge < -0.3 is 13.6 Å². The Morgan fingerprint density at radius 3 is 1.38 bits per heavy atom. The highest BCUT2D eigenvalue weighted by atomic mass is 32.1. The molecule has 14 heteroatoms. The van der Waals surface area contributed by atoms with Gasteiger partial charge in [0, 0.05) is 128 Å². The van der Waals surface area contributed by atoms with Gasteiger partial charge in [0.15, 0.2) is 17.3 Å². The van der Waals surface area contributed by atoms with Crippen molar-refractivity contribution in [3.05, 3.63) is 429 Å². The first-order valence-electron chi connectivity index (χ1n) is 44.8. The van der Waals surface area contributed by atoms with Crippen LogP contribution in [0.4, 0.5) is 0 Å². The van der Waals surface area contributed by atoms with Crippen LogP contribution in [0.1, 0.15) is 22.4 Å². The van der Waals surface area contributed by atoms with Gasteiger partial charge in [-0.05, 0) is 201 Å². The highest BCUT2D eigenvalue weighted by molar-refractivity contribution is 7.26. The molecule has 0 saturated carbocycles. The van der Waals surface area contributed by atoms with Gasteiger partial charge >= 0.3 is 0 Å². The molecular formula is C122H67N11OS2. The third-order valence-corrected chi connectivity index (χ3v) is 29.2. The fraction of sp³-hybridized carbons (Fsp3) is 0. The summed E-state index contributed by atoms with van der Waals surface area (Å²) in [6.07, 6.45) is 0. The van der Waals surface area contributed by atoms with Crippen LogP contribution in [0.5, 0.6) is 0 Å². The second-order valence-electron chi connectivity index (χ2n) is 34.2. The van der Waals surface area contributed by atoms with E-state index in [1.54, 1.807) is 0 Å². The van der Waals surface area contributed by atoms with E-state index in [-0.39, 0.29) is 5.56 Å². The van der Waals surface area contributed by atoms with E-state index in [1.807, 2.05) is 149 Å². The molecule has 0 unspecified atom stereocenters. The number of thiophene rings is 2. The van der Waals surface area contributed by atoms with Crippen LogP contribution in [-0.4, -0.2) is 33.6 Å². The third-order valence-electron chi connectivity index (χ3n) is 26.8. The molecule has 0 aliphatic rings. The number of furan rings is 1. The number of hydrogen-bond donors (Lipinski definition) is 0. The second-order valence-corrected chi connectivity index (χ2v) is 36.3. The zero-order chi connectivity index (χ0) is 90.3. The molecule has 9 aromatic heterocycles. The predicted octanol–water partition coefficient (Wildman–Crippen LogP) is 32.2. The van der Waals surface area contributed by atoms with Crippen molar-refractivity contribution in [1.82, 2.24) is 33.6 Å². The van der Waals surface area contributed by atoms with E-state index in [0.717, 1.165) is 133 Å². The van der Waals surface area contributed by atoms with Crippen molar-refractivity contribution in [2.24, 2.45) is 0 Å². The average Bonchev–Trinajstić information content (AvgIpc) is 1.57. The molecule has 0 aliphatic carbocycles. The molecule has 0 fully saturated rings. The van der Waals surface area contributed by atoms with Gasteiger partial charge in [0.1, 0.15) is 34.9 Å². The van der Waals surface area contributed by atoms with E-state index in [0.29, 0.717) is 39.4 Å². The monoisotopic (exact) mass is 1770 g/mol. The Labute approximate surface area is 784 Å². The van der Waals surface area contributed by atoms with Crippen LogP contribution < -0.4 is 0 Å². The third kappa shape index (κ3) is 12.6. The number of fused-ring (bicyclic) bond motifs is 25. The average molecular weight is 1770 g/mol. The van der Waals surface area contributed by atoms with Crippen molar-refractivity contribution in [1.29, 1.82) is 21.0 Å². The molecule has 12 nitrogen and oxygen atoms in total. The van der Waals surface area contributed by atoms with E-state index in [1.165, 1.54) is 100 Å². The minimum Gasteiger partial charge on any atom is -0.455 e. The lowest BCUT2D eigenvalue weighted by molar-refractivity contribution is 0.670. The fourth-order valence-electron chi connectivity index (χ4n) is 20.5. The number of aromatic nitrogens is 7. The lowest BCUT2D eigenvalue weighted by Crippen LogP contribution is -2.04. The van der Waals surface area contributed by atoms with Crippen LogP contribution in [0.15, 0.2) is 411 Å². The summed E-state index contributed by atoms with van der Waals surface area (Å²) in [6.45, 7) is 0. The van der Waals surface area contributed by atoms with Crippen molar-refractivity contribution < 1.29 is 4.42 Å². The minimum atomic E-state index is 0.280. The number of nitrogens with zero attached hydrogens (tertiary/aromatic N) is 11.